The van der Waals surface area contributed by atoms with Gasteiger partial charge in [-0.2, -0.15) is 0 Å². The predicted octanol–water partition coefficient (Wildman–Crippen LogP) is 18.5. The van der Waals surface area contributed by atoms with Gasteiger partial charge in [0.15, 0.2) is 6.10 Å². The summed E-state index contributed by atoms with van der Waals surface area (Å²) in [5.41, 5.74) is 0. The molecular formula is C58H112O7. The molecule has 0 rings (SSSR count). The molecule has 0 aromatic rings. The maximum absolute atomic E-state index is 13.2. The van der Waals surface area contributed by atoms with Gasteiger partial charge in [-0.15, -0.1) is 0 Å². The molecule has 0 aliphatic heterocycles. The van der Waals surface area contributed by atoms with Crippen LogP contribution in [0.1, 0.15) is 336 Å². The highest BCUT2D eigenvalue weighted by molar-refractivity contribution is 5.73. The van der Waals surface area contributed by atoms with Crippen molar-refractivity contribution in [1.29, 1.82) is 0 Å². The zero-order valence-electron chi connectivity index (χ0n) is 44.1. The molecule has 0 aromatic heterocycles. The van der Waals surface area contributed by atoms with Crippen LogP contribution >= 0.6 is 0 Å². The first-order chi connectivity index (χ1) is 31.8. The van der Waals surface area contributed by atoms with Crippen LogP contribution in [0, 0.1) is 0 Å². The molecule has 0 radical (unpaired) electrons. The molecule has 0 fully saturated rings. The fourth-order valence-electron chi connectivity index (χ4n) is 9.14. The van der Waals surface area contributed by atoms with Crippen molar-refractivity contribution in [1.82, 2.24) is 0 Å². The zero-order valence-corrected chi connectivity index (χ0v) is 44.1. The molecule has 7 heteroatoms. The van der Waals surface area contributed by atoms with Crippen molar-refractivity contribution in [2.45, 2.75) is 348 Å². The van der Waals surface area contributed by atoms with E-state index in [-0.39, 0.29) is 19.3 Å². The summed E-state index contributed by atoms with van der Waals surface area (Å²) >= 11 is 0. The monoisotopic (exact) mass is 921 g/mol. The summed E-state index contributed by atoms with van der Waals surface area (Å²) < 4.78 is 17.3. The Kier molecular flexibility index (Phi) is 49.0. The summed E-state index contributed by atoms with van der Waals surface area (Å²) in [5.74, 6) is -3.57. The number of hydrogen-bond acceptors (Lipinski definition) is 7. The first-order valence-corrected chi connectivity index (χ1v) is 29.1. The molecule has 1 atom stereocenters. The fourth-order valence-corrected chi connectivity index (χ4v) is 9.14. The van der Waals surface area contributed by atoms with E-state index in [1.807, 2.05) is 0 Å². The summed E-state index contributed by atoms with van der Waals surface area (Å²) in [6.07, 6.45) is 55.2. The largest absolute Gasteiger partial charge is 0.454 e. The van der Waals surface area contributed by atoms with E-state index in [9.17, 15) is 19.5 Å². The average molecular weight is 922 g/mol. The van der Waals surface area contributed by atoms with Gasteiger partial charge in [0.05, 0.1) is 0 Å². The maximum Gasteiger partial charge on any atom is 0.316 e. The minimum atomic E-state index is -2.05. The van der Waals surface area contributed by atoms with Gasteiger partial charge in [0.1, 0.15) is 6.61 Å². The first-order valence-electron chi connectivity index (χ1n) is 29.1. The van der Waals surface area contributed by atoms with Crippen molar-refractivity contribution in [3.63, 3.8) is 0 Å². The van der Waals surface area contributed by atoms with Crippen molar-refractivity contribution < 1.29 is 33.7 Å². The van der Waals surface area contributed by atoms with Crippen molar-refractivity contribution in [2.75, 3.05) is 6.61 Å². The van der Waals surface area contributed by atoms with E-state index in [4.69, 9.17) is 14.2 Å². The predicted molar refractivity (Wildman–Crippen MR) is 276 cm³/mol. The van der Waals surface area contributed by atoms with Gasteiger partial charge in [0.2, 0.25) is 0 Å². The Morgan fingerprint density at radius 3 is 0.708 bits per heavy atom. The number of carbonyl (C=O) groups is 3. The van der Waals surface area contributed by atoms with E-state index < -0.39 is 36.4 Å². The second-order valence-electron chi connectivity index (χ2n) is 20.1. The molecule has 386 valence electrons. The first kappa shape index (κ1) is 63.4. The van der Waals surface area contributed by atoms with Crippen LogP contribution in [0.5, 0.6) is 0 Å². The van der Waals surface area contributed by atoms with E-state index in [0.29, 0.717) is 19.3 Å². The molecule has 0 saturated heterocycles. The molecule has 0 aromatic carbocycles. The third kappa shape index (κ3) is 43.4. The Morgan fingerprint density at radius 1 is 0.323 bits per heavy atom. The number of aliphatic hydroxyl groups excluding tert-OH is 1. The van der Waals surface area contributed by atoms with Crippen LogP contribution in [0.4, 0.5) is 0 Å². The Hall–Kier alpha value is -1.63. The molecule has 0 heterocycles. The molecule has 0 amide bonds. The van der Waals surface area contributed by atoms with Gasteiger partial charge in [-0.1, -0.05) is 290 Å². The van der Waals surface area contributed by atoms with Crippen molar-refractivity contribution >= 4 is 17.9 Å². The Morgan fingerprint density at radius 2 is 0.508 bits per heavy atom. The van der Waals surface area contributed by atoms with Gasteiger partial charge in [-0.05, 0) is 26.2 Å². The third-order valence-electron chi connectivity index (χ3n) is 13.7. The van der Waals surface area contributed by atoms with Crippen molar-refractivity contribution in [3.05, 3.63) is 0 Å². The van der Waals surface area contributed by atoms with Gasteiger partial charge in [0.25, 0.3) is 0 Å². The Bertz CT molecular complexity index is 966. The SMILES string of the molecule is CCCCCCCCCCCCCCCCCC(=O)OC(C)C(CO)(OC(=O)CCCCCCCCCCCCCCCCC)OC(=O)CCCCCCCCCCCCCCCCC. The topological polar surface area (TPSA) is 99.1 Å². The third-order valence-corrected chi connectivity index (χ3v) is 13.7. The summed E-state index contributed by atoms with van der Waals surface area (Å²) in [7, 11) is 0. The molecule has 1 N–H and O–H groups in total. The molecule has 0 bridgehead atoms. The van der Waals surface area contributed by atoms with Gasteiger partial charge < -0.3 is 19.3 Å². The van der Waals surface area contributed by atoms with Crippen molar-refractivity contribution in [2.24, 2.45) is 0 Å². The van der Waals surface area contributed by atoms with Crippen LogP contribution in [0.2, 0.25) is 0 Å². The lowest BCUT2D eigenvalue weighted by molar-refractivity contribution is -0.274. The average Bonchev–Trinajstić information content (AvgIpc) is 3.29. The second kappa shape index (κ2) is 50.3. The van der Waals surface area contributed by atoms with Crippen molar-refractivity contribution in [3.8, 4) is 0 Å². The van der Waals surface area contributed by atoms with Crippen LogP contribution < -0.4 is 0 Å². The summed E-state index contributed by atoms with van der Waals surface area (Å²) in [4.78, 5) is 39.4. The highest BCUT2D eigenvalue weighted by atomic mass is 16.8. The number of ether oxygens (including phenoxy) is 3. The van der Waals surface area contributed by atoms with Crippen LogP contribution in [0.15, 0.2) is 0 Å². The highest BCUT2D eigenvalue weighted by Gasteiger charge is 2.46. The van der Waals surface area contributed by atoms with Gasteiger partial charge >= 0.3 is 23.7 Å². The molecule has 65 heavy (non-hydrogen) atoms. The lowest BCUT2D eigenvalue weighted by Crippen LogP contribution is -2.53. The smallest absolute Gasteiger partial charge is 0.316 e. The normalized spacial score (nSPS) is 12.1. The van der Waals surface area contributed by atoms with E-state index in [1.165, 1.54) is 218 Å². The van der Waals surface area contributed by atoms with Crippen LogP contribution in [-0.4, -0.2) is 41.5 Å². The fraction of sp³-hybridized carbons (Fsp3) is 0.948. The highest BCUT2D eigenvalue weighted by Crippen LogP contribution is 2.26. The Balaban J connectivity index is 4.68. The van der Waals surface area contributed by atoms with Crippen LogP contribution in [-0.2, 0) is 28.6 Å². The molecule has 0 spiro atoms. The number of unbranched alkanes of at least 4 members (excludes halogenated alkanes) is 42. The number of hydrogen-bond donors (Lipinski definition) is 1. The molecule has 0 aliphatic carbocycles. The maximum atomic E-state index is 13.2. The van der Waals surface area contributed by atoms with E-state index in [2.05, 4.69) is 20.8 Å². The number of esters is 3. The zero-order chi connectivity index (χ0) is 47.6. The van der Waals surface area contributed by atoms with E-state index in [1.54, 1.807) is 6.92 Å². The lowest BCUT2D eigenvalue weighted by atomic mass is 10.0. The summed E-state index contributed by atoms with van der Waals surface area (Å²) in [5, 5.41) is 10.6. The molecule has 0 aliphatic rings. The van der Waals surface area contributed by atoms with E-state index >= 15 is 0 Å². The standard InChI is InChI=1S/C58H112O7/c1-5-8-11-14-17-20-23-26-29-32-35-38-41-44-47-50-55(60)63-54(4)58(53-59,64-56(61)51-48-45-42-39-36-33-30-27-24-21-18-15-12-9-6-2)65-57(62)52-49-46-43-40-37-34-31-28-25-22-19-16-13-10-7-3/h54,59H,5-53H2,1-4H3. The molecule has 0 saturated carbocycles. The minimum Gasteiger partial charge on any atom is -0.454 e. The van der Waals surface area contributed by atoms with Gasteiger partial charge in [-0.3, -0.25) is 14.4 Å². The number of carbonyl (C=O) groups excluding carboxylic acids is 3. The van der Waals surface area contributed by atoms with Gasteiger partial charge in [-0.25, -0.2) is 0 Å². The Labute approximate surface area is 404 Å². The summed E-state index contributed by atoms with van der Waals surface area (Å²) in [6.45, 7) is 7.59. The minimum absolute atomic E-state index is 0.163. The molecule has 1 unspecified atom stereocenters. The van der Waals surface area contributed by atoms with Gasteiger partial charge in [0, 0.05) is 19.3 Å². The molecule has 7 nitrogen and oxygen atoms in total. The quantitative estimate of drug-likeness (QED) is 0.0368. The van der Waals surface area contributed by atoms with Crippen LogP contribution in [0.3, 0.4) is 0 Å². The lowest BCUT2D eigenvalue weighted by Gasteiger charge is -2.35. The van der Waals surface area contributed by atoms with Crippen LogP contribution in [0.25, 0.3) is 0 Å². The second-order valence-corrected chi connectivity index (χ2v) is 20.1. The number of rotatable bonds is 53. The summed E-state index contributed by atoms with van der Waals surface area (Å²) in [6, 6.07) is 0. The number of aliphatic hydroxyl groups is 1. The van der Waals surface area contributed by atoms with E-state index in [0.717, 1.165) is 51.4 Å². The molecular weight excluding hydrogens is 809 g/mol.